The fourth-order valence-corrected chi connectivity index (χ4v) is 6.09. The lowest BCUT2D eigenvalue weighted by molar-refractivity contribution is -0.161. The Morgan fingerprint density at radius 2 is 1.12 bits per heavy atom. The molecule has 9 nitrogen and oxygen atoms in total. The molecule has 298 valence electrons. The van der Waals surface area contributed by atoms with E-state index in [1.165, 1.54) is 64.2 Å². The number of esters is 2. The van der Waals surface area contributed by atoms with Crippen LogP contribution in [0.1, 0.15) is 168 Å². The van der Waals surface area contributed by atoms with Crippen LogP contribution in [0, 0.1) is 0 Å². The third kappa shape index (κ3) is 37.8. The van der Waals surface area contributed by atoms with Crippen molar-refractivity contribution in [2.45, 2.75) is 174 Å². The number of carbonyl (C=O) groups is 2. The van der Waals surface area contributed by atoms with Gasteiger partial charge in [0.15, 0.2) is 6.10 Å². The number of allylic oxidation sites excluding steroid dienone is 6. The smallest absolute Gasteiger partial charge is 0.462 e. The van der Waals surface area contributed by atoms with Gasteiger partial charge in [0.1, 0.15) is 6.61 Å². The Kier molecular flexibility index (Phi) is 35.3. The molecule has 0 amide bonds. The molecule has 2 atom stereocenters. The van der Waals surface area contributed by atoms with Crippen LogP contribution in [0.3, 0.4) is 0 Å². The van der Waals surface area contributed by atoms with Gasteiger partial charge < -0.3 is 19.3 Å². The number of ether oxygens (including phenoxy) is 2. The van der Waals surface area contributed by atoms with Crippen molar-refractivity contribution in [3.8, 4) is 0 Å². The second-order valence-electron chi connectivity index (χ2n) is 13.8. The summed E-state index contributed by atoms with van der Waals surface area (Å²) in [5.74, 6) is -0.821. The summed E-state index contributed by atoms with van der Waals surface area (Å²) in [6.07, 6.45) is 37.6. The van der Waals surface area contributed by atoms with Crippen molar-refractivity contribution in [2.75, 3.05) is 40.5 Å². The molecule has 10 heteroatoms. The van der Waals surface area contributed by atoms with E-state index < -0.39 is 26.5 Å². The van der Waals surface area contributed by atoms with E-state index in [-0.39, 0.29) is 32.0 Å². The highest BCUT2D eigenvalue weighted by Crippen LogP contribution is 2.43. The summed E-state index contributed by atoms with van der Waals surface area (Å²) in [5, 5.41) is 0. The predicted octanol–water partition coefficient (Wildman–Crippen LogP) is 11.2. The summed E-state index contributed by atoms with van der Waals surface area (Å²) in [6.45, 7) is 4.18. The van der Waals surface area contributed by atoms with Gasteiger partial charge in [-0.05, 0) is 59.0 Å². The molecule has 0 aliphatic rings. The SMILES string of the molecule is CC/C=C\C/C=C\C/C=C\CCCCCCCC(=O)OCC(COP(=O)(O)OCCN(C)C)OC(=O)CCCCCCCCCCCCCCC. The van der Waals surface area contributed by atoms with E-state index in [0.717, 1.165) is 70.6 Å². The van der Waals surface area contributed by atoms with Crippen LogP contribution in [0.4, 0.5) is 0 Å². The molecule has 0 bridgehead atoms. The Hall–Kier alpha value is -1.77. The highest BCUT2D eigenvalue weighted by molar-refractivity contribution is 7.47. The Morgan fingerprint density at radius 1 is 0.627 bits per heavy atom. The Morgan fingerprint density at radius 3 is 1.67 bits per heavy atom. The lowest BCUT2D eigenvalue weighted by Gasteiger charge is -2.20. The number of phosphoric ester groups is 1. The van der Waals surface area contributed by atoms with E-state index in [2.05, 4.69) is 50.3 Å². The van der Waals surface area contributed by atoms with Crippen LogP contribution < -0.4 is 0 Å². The molecule has 2 unspecified atom stereocenters. The van der Waals surface area contributed by atoms with Gasteiger partial charge in [-0.3, -0.25) is 18.6 Å². The van der Waals surface area contributed by atoms with Crippen molar-refractivity contribution in [3.63, 3.8) is 0 Å². The van der Waals surface area contributed by atoms with E-state index in [4.69, 9.17) is 18.5 Å². The first-order chi connectivity index (χ1) is 24.7. The summed E-state index contributed by atoms with van der Waals surface area (Å²) in [4.78, 5) is 36.9. The highest BCUT2D eigenvalue weighted by Gasteiger charge is 2.26. The van der Waals surface area contributed by atoms with E-state index in [0.29, 0.717) is 13.0 Å². The van der Waals surface area contributed by atoms with E-state index in [1.807, 2.05) is 19.0 Å². The topological polar surface area (TPSA) is 112 Å². The maximum Gasteiger partial charge on any atom is 0.472 e. The maximum absolute atomic E-state index is 12.6. The summed E-state index contributed by atoms with van der Waals surface area (Å²) in [7, 11) is -0.717. The van der Waals surface area contributed by atoms with Crippen molar-refractivity contribution < 1.29 is 37.6 Å². The van der Waals surface area contributed by atoms with Crippen molar-refractivity contribution in [1.29, 1.82) is 0 Å². The first-order valence-electron chi connectivity index (χ1n) is 20.3. The van der Waals surface area contributed by atoms with E-state index in [1.54, 1.807) is 0 Å². The van der Waals surface area contributed by atoms with E-state index in [9.17, 15) is 19.0 Å². The minimum Gasteiger partial charge on any atom is -0.462 e. The Labute approximate surface area is 312 Å². The molecule has 0 saturated heterocycles. The molecule has 0 rings (SSSR count). The van der Waals surface area contributed by atoms with Crippen LogP contribution in [0.25, 0.3) is 0 Å². The zero-order chi connectivity index (χ0) is 37.7. The average molecular weight is 742 g/mol. The highest BCUT2D eigenvalue weighted by atomic mass is 31.2. The van der Waals surface area contributed by atoms with Crippen LogP contribution in [-0.2, 0) is 32.7 Å². The number of hydrogen-bond donors (Lipinski definition) is 1. The standard InChI is InChI=1S/C41H76NO8P/c1-5-7-9-11-13-15-17-19-20-22-23-25-27-29-31-33-40(43)47-37-39(38-49-51(45,46)48-36-35-42(3)4)50-41(44)34-32-30-28-26-24-21-18-16-14-12-10-8-6-2/h7,9,13,15,19-20,39H,5-6,8,10-12,14,16-18,21-38H2,1-4H3,(H,45,46)/b9-7-,15-13-,20-19-. The molecule has 1 N–H and O–H groups in total. The molecule has 0 aliphatic carbocycles. The Bertz CT molecular complexity index is 952. The fourth-order valence-electron chi connectivity index (χ4n) is 5.35. The van der Waals surface area contributed by atoms with Gasteiger partial charge >= 0.3 is 19.8 Å². The van der Waals surface area contributed by atoms with Crippen LogP contribution in [0.2, 0.25) is 0 Å². The first kappa shape index (κ1) is 49.2. The fraction of sp³-hybridized carbons (Fsp3) is 0.805. The molecule has 51 heavy (non-hydrogen) atoms. The van der Waals surface area contributed by atoms with Gasteiger partial charge in [-0.25, -0.2) is 4.57 Å². The number of rotatable bonds is 37. The van der Waals surface area contributed by atoms with Gasteiger partial charge in [0.05, 0.1) is 13.2 Å². The minimum atomic E-state index is -4.36. The van der Waals surface area contributed by atoms with Gasteiger partial charge in [-0.1, -0.05) is 147 Å². The van der Waals surface area contributed by atoms with Crippen LogP contribution in [-0.4, -0.2) is 68.3 Å². The molecule has 0 saturated carbocycles. The van der Waals surface area contributed by atoms with Crippen molar-refractivity contribution >= 4 is 19.8 Å². The first-order valence-corrected chi connectivity index (χ1v) is 21.8. The van der Waals surface area contributed by atoms with Gasteiger partial charge in [0, 0.05) is 19.4 Å². The predicted molar refractivity (Wildman–Crippen MR) is 211 cm³/mol. The zero-order valence-electron chi connectivity index (χ0n) is 33.0. The van der Waals surface area contributed by atoms with E-state index >= 15 is 0 Å². The minimum absolute atomic E-state index is 0.00495. The molecule has 0 fully saturated rings. The van der Waals surface area contributed by atoms with Gasteiger partial charge in [0.2, 0.25) is 0 Å². The summed E-state index contributed by atoms with van der Waals surface area (Å²) >= 11 is 0. The molecular weight excluding hydrogens is 665 g/mol. The Balaban J connectivity index is 4.35. The zero-order valence-corrected chi connectivity index (χ0v) is 33.9. The van der Waals surface area contributed by atoms with Crippen molar-refractivity contribution in [1.82, 2.24) is 4.90 Å². The largest absolute Gasteiger partial charge is 0.472 e. The molecule has 0 radical (unpaired) electrons. The number of phosphoric acid groups is 1. The van der Waals surface area contributed by atoms with Gasteiger partial charge in [0.25, 0.3) is 0 Å². The number of nitrogens with zero attached hydrogens (tertiary/aromatic N) is 1. The van der Waals surface area contributed by atoms with Gasteiger partial charge in [-0.15, -0.1) is 0 Å². The third-order valence-corrected chi connectivity index (χ3v) is 9.45. The van der Waals surface area contributed by atoms with Crippen molar-refractivity contribution in [3.05, 3.63) is 36.5 Å². The van der Waals surface area contributed by atoms with Crippen molar-refractivity contribution in [2.24, 2.45) is 0 Å². The summed E-state index contributed by atoms with van der Waals surface area (Å²) in [6, 6.07) is 0. The average Bonchev–Trinajstić information content (AvgIpc) is 3.09. The molecule has 0 aromatic heterocycles. The molecular formula is C41H76NO8P. The maximum atomic E-state index is 12.6. The third-order valence-electron chi connectivity index (χ3n) is 8.46. The number of likely N-dealkylation sites (N-methyl/N-ethyl adjacent to an activating group) is 1. The molecule has 0 spiro atoms. The van der Waals surface area contributed by atoms with Crippen LogP contribution in [0.5, 0.6) is 0 Å². The van der Waals surface area contributed by atoms with Gasteiger partial charge in [-0.2, -0.15) is 0 Å². The normalized spacial score (nSPS) is 13.8. The molecule has 0 aromatic rings. The summed E-state index contributed by atoms with van der Waals surface area (Å²) < 4.78 is 33.4. The quantitative estimate of drug-likeness (QED) is 0.0288. The second-order valence-corrected chi connectivity index (χ2v) is 15.2. The number of unbranched alkanes of at least 4 members (excludes halogenated alkanes) is 17. The second kappa shape index (κ2) is 36.6. The van der Waals surface area contributed by atoms with Crippen LogP contribution in [0.15, 0.2) is 36.5 Å². The number of carbonyl (C=O) groups excluding carboxylic acids is 2. The lowest BCUT2D eigenvalue weighted by Crippen LogP contribution is -2.29. The molecule has 0 heterocycles. The summed E-state index contributed by atoms with van der Waals surface area (Å²) in [5.41, 5.74) is 0. The number of hydrogen-bond acceptors (Lipinski definition) is 8. The molecule has 0 aliphatic heterocycles. The monoisotopic (exact) mass is 742 g/mol. The molecule has 0 aromatic carbocycles. The lowest BCUT2D eigenvalue weighted by atomic mass is 10.0. The van der Waals surface area contributed by atoms with Crippen LogP contribution >= 0.6 is 7.82 Å².